The zero-order valence-corrected chi connectivity index (χ0v) is 17.8. The van der Waals surface area contributed by atoms with Gasteiger partial charge in [0.1, 0.15) is 5.03 Å². The van der Waals surface area contributed by atoms with Gasteiger partial charge < -0.3 is 4.98 Å². The number of benzene rings is 2. The Morgan fingerprint density at radius 1 is 0.778 bits per heavy atom. The molecule has 3 aromatic rings. The Labute approximate surface area is 162 Å². The maximum Gasteiger partial charge on any atom is 0.222 e. The molecule has 4 heteroatoms. The van der Waals surface area contributed by atoms with Crippen molar-refractivity contribution in [2.75, 3.05) is 0 Å². The number of sulfone groups is 1. The number of para-hydroxylation sites is 1. The van der Waals surface area contributed by atoms with Gasteiger partial charge >= 0.3 is 0 Å². The summed E-state index contributed by atoms with van der Waals surface area (Å²) in [7, 11) is -3.65. The van der Waals surface area contributed by atoms with Crippen molar-refractivity contribution in [3.8, 4) is 0 Å². The van der Waals surface area contributed by atoms with Crippen molar-refractivity contribution in [1.82, 2.24) is 4.98 Å². The van der Waals surface area contributed by atoms with Crippen LogP contribution >= 0.6 is 0 Å². The summed E-state index contributed by atoms with van der Waals surface area (Å²) in [6, 6.07) is 13.6. The molecule has 1 aromatic heterocycles. The van der Waals surface area contributed by atoms with Gasteiger partial charge in [0, 0.05) is 10.9 Å². The van der Waals surface area contributed by atoms with E-state index in [9.17, 15) is 8.42 Å². The molecule has 0 aliphatic rings. The summed E-state index contributed by atoms with van der Waals surface area (Å²) in [4.78, 5) is 3.59. The van der Waals surface area contributed by atoms with Crippen molar-refractivity contribution >= 4 is 20.7 Å². The second-order valence-corrected chi connectivity index (χ2v) is 10.1. The molecule has 0 spiro atoms. The minimum Gasteiger partial charge on any atom is -0.345 e. The number of nitrogens with one attached hydrogen (secondary N) is 1. The van der Waals surface area contributed by atoms with Crippen LogP contribution in [0.5, 0.6) is 0 Å². The third kappa shape index (κ3) is 3.55. The summed E-state index contributed by atoms with van der Waals surface area (Å²) in [5, 5.41) is 1.18. The fraction of sp³-hybridized carbons (Fsp3) is 0.391. The molecule has 144 valence electrons. The van der Waals surface area contributed by atoms with E-state index >= 15 is 0 Å². The van der Waals surface area contributed by atoms with Gasteiger partial charge in [-0.1, -0.05) is 71.9 Å². The van der Waals surface area contributed by atoms with Gasteiger partial charge in [0.15, 0.2) is 0 Å². The number of aromatic amines is 1. The smallest absolute Gasteiger partial charge is 0.222 e. The average molecular weight is 384 g/mol. The third-order valence-electron chi connectivity index (χ3n) is 5.14. The first-order chi connectivity index (χ1) is 12.6. The molecule has 0 bridgehead atoms. The van der Waals surface area contributed by atoms with E-state index in [2.05, 4.69) is 58.7 Å². The monoisotopic (exact) mass is 383 g/mol. The van der Waals surface area contributed by atoms with Gasteiger partial charge in [-0.05, 0) is 46.6 Å². The van der Waals surface area contributed by atoms with E-state index in [-0.39, 0.29) is 16.9 Å². The zero-order chi connectivity index (χ0) is 19.9. The highest BCUT2D eigenvalue weighted by Crippen LogP contribution is 2.38. The summed E-state index contributed by atoms with van der Waals surface area (Å²) < 4.78 is 27.4. The zero-order valence-electron chi connectivity index (χ0n) is 17.0. The van der Waals surface area contributed by atoms with Crippen molar-refractivity contribution < 1.29 is 8.42 Å². The predicted molar refractivity (Wildman–Crippen MR) is 112 cm³/mol. The van der Waals surface area contributed by atoms with E-state index in [1.807, 2.05) is 24.3 Å². The molecule has 0 aliphatic carbocycles. The van der Waals surface area contributed by atoms with Gasteiger partial charge in [-0.25, -0.2) is 8.42 Å². The SMILES string of the molecule is CC(C)c1cc(C(C)C)c(S(=O)(=O)c2cc3ccccc3[nH]2)c(C(C)C)c1. The largest absolute Gasteiger partial charge is 0.345 e. The molecule has 0 atom stereocenters. The molecule has 0 saturated carbocycles. The third-order valence-corrected chi connectivity index (χ3v) is 6.95. The highest BCUT2D eigenvalue weighted by atomic mass is 32.2. The van der Waals surface area contributed by atoms with Gasteiger partial charge in [-0.2, -0.15) is 0 Å². The minimum atomic E-state index is -3.65. The van der Waals surface area contributed by atoms with Crippen molar-refractivity contribution in [2.24, 2.45) is 0 Å². The fourth-order valence-corrected chi connectivity index (χ4v) is 5.46. The summed E-state index contributed by atoms with van der Waals surface area (Å²) in [6.45, 7) is 12.5. The van der Waals surface area contributed by atoms with E-state index in [1.54, 1.807) is 6.07 Å². The van der Waals surface area contributed by atoms with Crippen LogP contribution < -0.4 is 0 Å². The molecular formula is C23H29NO2S. The number of rotatable bonds is 5. The Morgan fingerprint density at radius 2 is 1.33 bits per heavy atom. The van der Waals surface area contributed by atoms with E-state index in [0.29, 0.717) is 10.8 Å². The second-order valence-electron chi connectivity index (χ2n) is 8.22. The predicted octanol–water partition coefficient (Wildman–Crippen LogP) is 6.37. The van der Waals surface area contributed by atoms with Crippen molar-refractivity contribution in [1.29, 1.82) is 0 Å². The van der Waals surface area contributed by atoms with Crippen molar-refractivity contribution in [3.05, 3.63) is 59.2 Å². The van der Waals surface area contributed by atoms with E-state index in [4.69, 9.17) is 0 Å². The highest BCUT2D eigenvalue weighted by molar-refractivity contribution is 7.91. The lowest BCUT2D eigenvalue weighted by Crippen LogP contribution is -2.13. The van der Waals surface area contributed by atoms with Crippen LogP contribution in [-0.4, -0.2) is 13.4 Å². The lowest BCUT2D eigenvalue weighted by atomic mass is 9.89. The molecule has 1 N–H and O–H groups in total. The first-order valence-corrected chi connectivity index (χ1v) is 11.1. The number of hydrogen-bond acceptors (Lipinski definition) is 2. The van der Waals surface area contributed by atoms with Crippen LogP contribution in [0.1, 0.15) is 76.0 Å². The van der Waals surface area contributed by atoms with Crippen LogP contribution in [-0.2, 0) is 9.84 Å². The van der Waals surface area contributed by atoms with Gasteiger partial charge in [0.25, 0.3) is 0 Å². The Morgan fingerprint density at radius 3 is 1.81 bits per heavy atom. The summed E-state index contributed by atoms with van der Waals surface area (Å²) in [5.41, 5.74) is 3.84. The van der Waals surface area contributed by atoms with Gasteiger partial charge in [-0.3, -0.25) is 0 Å². The van der Waals surface area contributed by atoms with E-state index < -0.39 is 9.84 Å². The number of aromatic nitrogens is 1. The van der Waals surface area contributed by atoms with Crippen LogP contribution in [0.15, 0.2) is 52.4 Å². The molecule has 3 nitrogen and oxygen atoms in total. The van der Waals surface area contributed by atoms with Crippen LogP contribution in [0.4, 0.5) is 0 Å². The molecule has 3 rings (SSSR count). The van der Waals surface area contributed by atoms with Crippen LogP contribution in [0, 0.1) is 0 Å². The molecule has 27 heavy (non-hydrogen) atoms. The molecule has 0 fully saturated rings. The maximum atomic E-state index is 13.7. The fourth-order valence-electron chi connectivity index (χ4n) is 3.50. The quantitative estimate of drug-likeness (QED) is 0.556. The number of fused-ring (bicyclic) bond motifs is 1. The van der Waals surface area contributed by atoms with Crippen LogP contribution in [0.3, 0.4) is 0 Å². The molecule has 0 amide bonds. The Hall–Kier alpha value is -2.07. The first-order valence-electron chi connectivity index (χ1n) is 9.63. The van der Waals surface area contributed by atoms with Crippen molar-refractivity contribution in [3.63, 3.8) is 0 Å². The Bertz CT molecular complexity index is 1010. The van der Waals surface area contributed by atoms with E-state index in [0.717, 1.165) is 22.0 Å². The molecule has 0 unspecified atom stereocenters. The van der Waals surface area contributed by atoms with Crippen LogP contribution in [0.25, 0.3) is 10.9 Å². The Kier molecular flexibility index (Phi) is 5.22. The van der Waals surface area contributed by atoms with Crippen molar-refractivity contribution in [2.45, 2.75) is 69.2 Å². The second kappa shape index (κ2) is 7.16. The summed E-state index contributed by atoms with van der Waals surface area (Å²) >= 11 is 0. The van der Waals surface area contributed by atoms with Gasteiger partial charge in [0.05, 0.1) is 4.90 Å². The Balaban J connectivity index is 2.33. The van der Waals surface area contributed by atoms with Gasteiger partial charge in [-0.15, -0.1) is 0 Å². The molecule has 1 heterocycles. The summed E-state index contributed by atoms with van der Waals surface area (Å²) in [6.07, 6.45) is 0. The molecule has 2 aromatic carbocycles. The molecule has 0 aliphatic heterocycles. The highest BCUT2D eigenvalue weighted by Gasteiger charge is 2.29. The average Bonchev–Trinajstić information content (AvgIpc) is 3.05. The normalized spacial score (nSPS) is 12.6. The van der Waals surface area contributed by atoms with Crippen LogP contribution in [0.2, 0.25) is 0 Å². The van der Waals surface area contributed by atoms with Gasteiger partial charge in [0.2, 0.25) is 9.84 Å². The molecular weight excluding hydrogens is 354 g/mol. The lowest BCUT2D eigenvalue weighted by Gasteiger charge is -2.22. The maximum absolute atomic E-state index is 13.7. The molecule has 0 saturated heterocycles. The standard InChI is InChI=1S/C23H29NO2S/c1-14(2)18-11-19(15(3)4)23(20(12-18)16(5)6)27(25,26)22-13-17-9-7-8-10-21(17)24-22/h7-16,24H,1-6H3. The summed E-state index contributed by atoms with van der Waals surface area (Å²) in [5.74, 6) is 0.593. The first kappa shape index (κ1) is 19.7. The number of hydrogen-bond donors (Lipinski definition) is 1. The number of H-pyrrole nitrogens is 1. The molecule has 0 radical (unpaired) electrons. The van der Waals surface area contributed by atoms with E-state index in [1.165, 1.54) is 5.56 Å². The lowest BCUT2D eigenvalue weighted by molar-refractivity contribution is 0.587. The topological polar surface area (TPSA) is 49.9 Å². The minimum absolute atomic E-state index is 0.121.